The van der Waals surface area contributed by atoms with Gasteiger partial charge in [-0.05, 0) is 13.8 Å². The second-order valence-corrected chi connectivity index (χ2v) is 3.47. The average Bonchev–Trinajstić information content (AvgIpc) is 2.37. The van der Waals surface area contributed by atoms with Gasteiger partial charge in [0.25, 0.3) is 0 Å². The molecule has 0 amide bonds. The van der Waals surface area contributed by atoms with Gasteiger partial charge in [0.2, 0.25) is 0 Å². The molecular formula is C10H13Co2O2. The van der Waals surface area contributed by atoms with Crippen LogP contribution in [0.2, 0.25) is 0 Å². The van der Waals surface area contributed by atoms with E-state index in [4.69, 9.17) is 0 Å². The number of Topliss-reactive ketones (excluding diaryl/α,β-unsaturated/α-hetero) is 2. The molecule has 83 valence electrons. The Morgan fingerprint density at radius 3 is 1.93 bits per heavy atom. The summed E-state index contributed by atoms with van der Waals surface area (Å²) in [6.45, 7) is 2.81. The molecule has 0 saturated heterocycles. The molecule has 0 aromatic carbocycles. The zero-order valence-corrected chi connectivity index (χ0v) is 10.2. The molecule has 0 fully saturated rings. The van der Waals surface area contributed by atoms with E-state index in [1.54, 1.807) is 0 Å². The summed E-state index contributed by atoms with van der Waals surface area (Å²) in [5.41, 5.74) is 0. The molecule has 14 heavy (non-hydrogen) atoms. The van der Waals surface area contributed by atoms with Gasteiger partial charge in [0.1, 0.15) is 11.6 Å². The Hall–Kier alpha value is -0.167. The molecule has 0 spiro atoms. The van der Waals surface area contributed by atoms with Crippen LogP contribution in [-0.4, -0.2) is 11.6 Å². The third kappa shape index (κ3) is 11.8. The first kappa shape index (κ1) is 16.3. The van der Waals surface area contributed by atoms with Crippen LogP contribution in [0.25, 0.3) is 0 Å². The van der Waals surface area contributed by atoms with Gasteiger partial charge >= 0.3 is 44.9 Å². The molecule has 0 heterocycles. The molecule has 0 N–H and O–H groups in total. The second-order valence-electron chi connectivity index (χ2n) is 2.80. The fourth-order valence-electron chi connectivity index (χ4n) is 0.762. The summed E-state index contributed by atoms with van der Waals surface area (Å²) >= 11 is 4.14. The molecular weight excluding hydrogens is 270 g/mol. The SMILES string of the molecule is CC(=O)CC(C)=O.[Co].[Co][C]1=CC=CC1. The topological polar surface area (TPSA) is 34.1 Å². The maximum atomic E-state index is 10.0. The molecule has 2 nitrogen and oxygen atoms in total. The molecule has 1 rings (SSSR count). The molecule has 1 radical (unpaired) electrons. The van der Waals surface area contributed by atoms with E-state index >= 15 is 0 Å². The van der Waals surface area contributed by atoms with Crippen LogP contribution in [0.3, 0.4) is 0 Å². The second kappa shape index (κ2) is 9.39. The molecule has 0 unspecified atom stereocenters. The maximum absolute atomic E-state index is 10.0. The van der Waals surface area contributed by atoms with Crippen molar-refractivity contribution in [3.63, 3.8) is 0 Å². The third-order valence-corrected chi connectivity index (χ3v) is 1.59. The number of hydrogen-bond acceptors (Lipinski definition) is 2. The first-order chi connectivity index (χ1) is 6.02. The summed E-state index contributed by atoms with van der Waals surface area (Å²) in [5.74, 6) is -0.125. The Labute approximate surface area is 103 Å². The molecule has 4 heteroatoms. The number of carbonyl (C=O) groups is 2. The molecule has 0 aromatic heterocycles. The van der Waals surface area contributed by atoms with Gasteiger partial charge in [-0.3, -0.25) is 9.59 Å². The summed E-state index contributed by atoms with van der Waals surface area (Å²) in [5, 5.41) is 0. The molecule has 1 aliphatic carbocycles. The van der Waals surface area contributed by atoms with Crippen molar-refractivity contribution < 1.29 is 42.1 Å². The molecule has 0 aliphatic heterocycles. The van der Waals surface area contributed by atoms with Crippen molar-refractivity contribution >= 4 is 11.6 Å². The zero-order valence-electron chi connectivity index (χ0n) is 8.13. The fourth-order valence-corrected chi connectivity index (χ4v) is 0.985. The van der Waals surface area contributed by atoms with Crippen LogP contribution in [0.15, 0.2) is 22.7 Å². The number of rotatable bonds is 2. The predicted molar refractivity (Wildman–Crippen MR) is 47.8 cm³/mol. The summed E-state index contributed by atoms with van der Waals surface area (Å²) < 4.78 is 1.16. The molecule has 1 aliphatic rings. The Bertz CT molecular complexity index is 243. The first-order valence-electron chi connectivity index (χ1n) is 4.00. The first-order valence-corrected chi connectivity index (χ1v) is 4.52. The Morgan fingerprint density at radius 2 is 1.86 bits per heavy atom. The number of ketones is 2. The number of hydrogen-bond donors (Lipinski definition) is 0. The Kier molecular flexibility index (Phi) is 10.9. The van der Waals surface area contributed by atoms with E-state index in [0.717, 1.165) is 10.9 Å². The van der Waals surface area contributed by atoms with Gasteiger partial charge in [-0.2, -0.15) is 0 Å². The van der Waals surface area contributed by atoms with E-state index in [0.29, 0.717) is 0 Å². The fraction of sp³-hybridized carbons (Fsp3) is 0.400. The van der Waals surface area contributed by atoms with Crippen LogP contribution in [-0.2, 0) is 42.1 Å². The van der Waals surface area contributed by atoms with Crippen LogP contribution < -0.4 is 0 Å². The molecule has 0 aromatic rings. The Morgan fingerprint density at radius 1 is 1.36 bits per heavy atom. The van der Waals surface area contributed by atoms with E-state index in [-0.39, 0.29) is 34.8 Å². The minimum absolute atomic E-state index is 0. The van der Waals surface area contributed by atoms with Crippen LogP contribution in [0.1, 0.15) is 26.7 Å². The van der Waals surface area contributed by atoms with E-state index in [9.17, 15) is 9.59 Å². The van der Waals surface area contributed by atoms with Gasteiger partial charge < -0.3 is 0 Å². The van der Waals surface area contributed by atoms with Crippen molar-refractivity contribution in [2.75, 3.05) is 0 Å². The minimum atomic E-state index is -0.0625. The summed E-state index contributed by atoms with van der Waals surface area (Å²) in [6.07, 6.45) is 7.21. The van der Waals surface area contributed by atoms with Gasteiger partial charge in [-0.1, -0.05) is 0 Å². The van der Waals surface area contributed by atoms with Crippen LogP contribution in [0.4, 0.5) is 0 Å². The van der Waals surface area contributed by atoms with E-state index < -0.39 is 0 Å². The Balaban J connectivity index is 0. The van der Waals surface area contributed by atoms with Crippen molar-refractivity contribution in [3.8, 4) is 0 Å². The van der Waals surface area contributed by atoms with Gasteiger partial charge in [0, 0.05) is 16.8 Å². The normalized spacial score (nSPS) is 12.1. The zero-order chi connectivity index (χ0) is 10.3. The monoisotopic (exact) mass is 283 g/mol. The number of allylic oxidation sites excluding steroid dienone is 4. The summed E-state index contributed by atoms with van der Waals surface area (Å²) in [6, 6.07) is 0. The van der Waals surface area contributed by atoms with E-state index in [2.05, 4.69) is 21.8 Å². The van der Waals surface area contributed by atoms with E-state index in [1.165, 1.54) is 13.8 Å². The molecule has 0 bridgehead atoms. The van der Waals surface area contributed by atoms with Crippen LogP contribution in [0.5, 0.6) is 0 Å². The van der Waals surface area contributed by atoms with Crippen molar-refractivity contribution in [2.24, 2.45) is 0 Å². The number of carbonyl (C=O) groups excluding carboxylic acids is 2. The quantitative estimate of drug-likeness (QED) is 0.726. The summed E-state index contributed by atoms with van der Waals surface area (Å²) in [4.78, 5) is 20.1. The van der Waals surface area contributed by atoms with Crippen molar-refractivity contribution in [2.45, 2.75) is 26.7 Å². The summed E-state index contributed by atoms with van der Waals surface area (Å²) in [7, 11) is 0. The van der Waals surface area contributed by atoms with E-state index in [1.807, 2.05) is 12.2 Å². The van der Waals surface area contributed by atoms with Gasteiger partial charge in [0.05, 0.1) is 6.42 Å². The van der Waals surface area contributed by atoms with Gasteiger partial charge in [-0.25, -0.2) is 0 Å². The van der Waals surface area contributed by atoms with Gasteiger partial charge in [0.15, 0.2) is 0 Å². The predicted octanol–water partition coefficient (Wildman–Crippen LogP) is 1.93. The van der Waals surface area contributed by atoms with Crippen LogP contribution >= 0.6 is 0 Å². The third-order valence-electron chi connectivity index (χ3n) is 1.21. The van der Waals surface area contributed by atoms with Crippen LogP contribution in [0, 0.1) is 0 Å². The average molecular weight is 283 g/mol. The standard InChI is InChI=1S/C5H8O2.C5H5.2Co/c1-4(6)3-5(2)7;1-2-4-5-3-1;;/h3H2,1-2H3;1-3H,4H2;;. The van der Waals surface area contributed by atoms with Gasteiger partial charge in [-0.15, -0.1) is 0 Å². The van der Waals surface area contributed by atoms with Crippen molar-refractivity contribution in [1.29, 1.82) is 0 Å². The van der Waals surface area contributed by atoms with Crippen molar-refractivity contribution in [3.05, 3.63) is 22.7 Å². The van der Waals surface area contributed by atoms with Crippen molar-refractivity contribution in [1.82, 2.24) is 0 Å². The molecule has 0 saturated carbocycles. The molecule has 0 atom stereocenters.